The highest BCUT2D eigenvalue weighted by atomic mass is 16.5. The zero-order valence-corrected chi connectivity index (χ0v) is 20.9. The maximum Gasteiger partial charge on any atom is 0.244 e. The van der Waals surface area contributed by atoms with Crippen LogP contribution in [0.15, 0.2) is 61.1 Å². The normalized spacial score (nSPS) is 20.3. The number of benzene rings is 1. The maximum atomic E-state index is 13.0. The number of hydrogen-bond donors (Lipinski definition) is 1. The number of carbonyl (C=O) groups excluding carboxylic acids is 2. The van der Waals surface area contributed by atoms with E-state index in [0.717, 1.165) is 29.7 Å². The summed E-state index contributed by atoms with van der Waals surface area (Å²) in [5, 5.41) is 7.60. The monoisotopic (exact) mass is 487 g/mol. The lowest BCUT2D eigenvalue weighted by Crippen LogP contribution is -2.52. The fourth-order valence-electron chi connectivity index (χ4n) is 5.71. The molecule has 1 fully saturated rings. The van der Waals surface area contributed by atoms with Gasteiger partial charge in [-0.25, -0.2) is 0 Å². The Morgan fingerprint density at radius 2 is 1.94 bits per heavy atom. The van der Waals surface area contributed by atoms with E-state index in [0.29, 0.717) is 26.1 Å². The molecule has 3 aromatic rings. The number of aryl methyl sites for hydroxylation is 1. The van der Waals surface area contributed by atoms with Gasteiger partial charge in [0.15, 0.2) is 0 Å². The van der Waals surface area contributed by atoms with Crippen LogP contribution >= 0.6 is 0 Å². The number of ether oxygens (including phenoxy) is 1. The third-order valence-electron chi connectivity index (χ3n) is 7.55. The SMILES string of the molecule is CCC(=O)N[C@@H]1c2ccccc2C2(CCN(C(=O)Cn3ccc(C)n3)CC2)[C@H]1OCc1cccnc1. The Balaban J connectivity index is 1.40. The predicted octanol–water partition coefficient (Wildman–Crippen LogP) is 3.31. The van der Waals surface area contributed by atoms with Crippen molar-refractivity contribution in [3.63, 3.8) is 0 Å². The first-order chi connectivity index (χ1) is 17.5. The summed E-state index contributed by atoms with van der Waals surface area (Å²) >= 11 is 0. The van der Waals surface area contributed by atoms with Crippen molar-refractivity contribution in [2.75, 3.05) is 13.1 Å². The van der Waals surface area contributed by atoms with E-state index in [1.54, 1.807) is 10.9 Å². The molecule has 2 atom stereocenters. The fraction of sp³-hybridized carbons (Fsp3) is 0.429. The Kier molecular flexibility index (Phi) is 6.87. The van der Waals surface area contributed by atoms with Crippen molar-refractivity contribution in [2.45, 2.75) is 63.8 Å². The van der Waals surface area contributed by atoms with Crippen LogP contribution in [0.4, 0.5) is 0 Å². The Labute approximate surface area is 211 Å². The number of hydrogen-bond acceptors (Lipinski definition) is 5. The molecule has 2 amide bonds. The van der Waals surface area contributed by atoms with E-state index in [-0.39, 0.29) is 35.9 Å². The van der Waals surface area contributed by atoms with Crippen LogP contribution in [0.25, 0.3) is 0 Å². The minimum Gasteiger partial charge on any atom is -0.370 e. The predicted molar refractivity (Wildman–Crippen MR) is 135 cm³/mol. The second-order valence-electron chi connectivity index (χ2n) is 9.77. The maximum absolute atomic E-state index is 13.0. The second-order valence-corrected chi connectivity index (χ2v) is 9.77. The van der Waals surface area contributed by atoms with Gasteiger partial charge >= 0.3 is 0 Å². The summed E-state index contributed by atoms with van der Waals surface area (Å²) in [5.41, 5.74) is 3.94. The van der Waals surface area contributed by atoms with Gasteiger partial charge in [0.25, 0.3) is 0 Å². The van der Waals surface area contributed by atoms with Gasteiger partial charge in [-0.1, -0.05) is 37.3 Å². The molecule has 1 aliphatic carbocycles. The third kappa shape index (κ3) is 4.65. The van der Waals surface area contributed by atoms with E-state index in [1.807, 2.05) is 55.4 Å². The van der Waals surface area contributed by atoms with Crippen LogP contribution < -0.4 is 5.32 Å². The summed E-state index contributed by atoms with van der Waals surface area (Å²) in [6, 6.07) is 13.9. The smallest absolute Gasteiger partial charge is 0.244 e. The number of pyridine rings is 1. The summed E-state index contributed by atoms with van der Waals surface area (Å²) in [4.78, 5) is 31.7. The van der Waals surface area contributed by atoms with Crippen molar-refractivity contribution < 1.29 is 14.3 Å². The standard InChI is InChI=1S/C28H33N5O3/c1-3-24(34)30-26-22-8-4-5-9-23(22)28(27(26)36-19-21-7-6-13-29-17-21)11-15-32(16-12-28)25(35)18-33-14-10-20(2)31-33/h4-10,13-14,17,26-27H,3,11-12,15-16,18-19H2,1-2H3,(H,30,34)/t26-,27+/m1/s1. The van der Waals surface area contributed by atoms with E-state index in [2.05, 4.69) is 33.6 Å². The van der Waals surface area contributed by atoms with Crippen molar-refractivity contribution in [1.29, 1.82) is 0 Å². The highest BCUT2D eigenvalue weighted by molar-refractivity contribution is 5.77. The topological polar surface area (TPSA) is 89.4 Å². The minimum absolute atomic E-state index is 0.00367. The molecule has 0 radical (unpaired) electrons. The van der Waals surface area contributed by atoms with Crippen LogP contribution in [0.2, 0.25) is 0 Å². The molecule has 5 rings (SSSR count). The molecule has 0 bridgehead atoms. The molecule has 0 saturated carbocycles. The number of fused-ring (bicyclic) bond motifs is 2. The summed E-state index contributed by atoms with van der Waals surface area (Å²) in [5.74, 6) is 0.0758. The first-order valence-corrected chi connectivity index (χ1v) is 12.7. The molecule has 1 aromatic carbocycles. The van der Waals surface area contributed by atoms with Gasteiger partial charge in [0.2, 0.25) is 11.8 Å². The van der Waals surface area contributed by atoms with Crippen molar-refractivity contribution in [1.82, 2.24) is 25.0 Å². The summed E-state index contributed by atoms with van der Waals surface area (Å²) < 4.78 is 8.34. The van der Waals surface area contributed by atoms with Gasteiger partial charge in [-0.05, 0) is 48.6 Å². The highest BCUT2D eigenvalue weighted by Gasteiger charge is 2.54. The molecule has 2 aliphatic rings. The first-order valence-electron chi connectivity index (χ1n) is 12.7. The lowest BCUT2D eigenvalue weighted by atomic mass is 9.71. The van der Waals surface area contributed by atoms with E-state index < -0.39 is 0 Å². The van der Waals surface area contributed by atoms with Crippen LogP contribution in [-0.2, 0) is 32.9 Å². The van der Waals surface area contributed by atoms with Gasteiger partial charge in [0.05, 0.1) is 24.4 Å². The molecule has 1 aliphatic heterocycles. The van der Waals surface area contributed by atoms with Gasteiger partial charge < -0.3 is 15.0 Å². The number of amides is 2. The Morgan fingerprint density at radius 3 is 2.64 bits per heavy atom. The lowest BCUT2D eigenvalue weighted by molar-refractivity contribution is -0.135. The van der Waals surface area contributed by atoms with Gasteiger partial charge in [0, 0.05) is 43.5 Å². The van der Waals surface area contributed by atoms with Crippen molar-refractivity contribution in [3.8, 4) is 0 Å². The molecule has 1 saturated heterocycles. The summed E-state index contributed by atoms with van der Waals surface area (Å²) in [7, 11) is 0. The number of likely N-dealkylation sites (tertiary alicyclic amines) is 1. The van der Waals surface area contributed by atoms with Crippen LogP contribution in [0, 0.1) is 6.92 Å². The molecule has 3 heterocycles. The van der Waals surface area contributed by atoms with E-state index >= 15 is 0 Å². The number of nitrogens with zero attached hydrogens (tertiary/aromatic N) is 4. The van der Waals surface area contributed by atoms with Crippen LogP contribution in [0.5, 0.6) is 0 Å². The van der Waals surface area contributed by atoms with Gasteiger partial charge in [-0.2, -0.15) is 5.10 Å². The van der Waals surface area contributed by atoms with E-state index in [4.69, 9.17) is 4.74 Å². The molecule has 8 heteroatoms. The molecule has 36 heavy (non-hydrogen) atoms. The Hall–Kier alpha value is -3.52. The molecular weight excluding hydrogens is 454 g/mol. The van der Waals surface area contributed by atoms with E-state index in [9.17, 15) is 9.59 Å². The zero-order valence-electron chi connectivity index (χ0n) is 20.9. The average Bonchev–Trinajstić information content (AvgIpc) is 3.42. The Bertz CT molecular complexity index is 1220. The van der Waals surface area contributed by atoms with Crippen molar-refractivity contribution in [2.24, 2.45) is 0 Å². The van der Waals surface area contributed by atoms with Crippen LogP contribution in [0.1, 0.15) is 54.6 Å². The second kappa shape index (κ2) is 10.2. The minimum atomic E-state index is -0.288. The van der Waals surface area contributed by atoms with Gasteiger partial charge in [-0.15, -0.1) is 0 Å². The molecule has 8 nitrogen and oxygen atoms in total. The van der Waals surface area contributed by atoms with E-state index in [1.165, 1.54) is 5.56 Å². The van der Waals surface area contributed by atoms with Crippen molar-refractivity contribution >= 4 is 11.8 Å². The molecule has 1 N–H and O–H groups in total. The van der Waals surface area contributed by atoms with Crippen molar-refractivity contribution in [3.05, 3.63) is 83.4 Å². The van der Waals surface area contributed by atoms with Crippen LogP contribution in [-0.4, -0.2) is 50.7 Å². The largest absolute Gasteiger partial charge is 0.370 e. The number of rotatable bonds is 7. The van der Waals surface area contributed by atoms with Gasteiger partial charge in [-0.3, -0.25) is 19.3 Å². The Morgan fingerprint density at radius 1 is 1.14 bits per heavy atom. The quantitative estimate of drug-likeness (QED) is 0.552. The summed E-state index contributed by atoms with van der Waals surface area (Å²) in [6.07, 6.45) is 7.11. The number of piperidine rings is 1. The molecule has 2 aromatic heterocycles. The number of aromatic nitrogens is 3. The number of carbonyl (C=O) groups is 2. The zero-order chi connectivity index (χ0) is 25.1. The van der Waals surface area contributed by atoms with Crippen LogP contribution in [0.3, 0.4) is 0 Å². The molecule has 0 unspecified atom stereocenters. The lowest BCUT2D eigenvalue weighted by Gasteiger charge is -2.44. The summed E-state index contributed by atoms with van der Waals surface area (Å²) in [6.45, 7) is 5.70. The first kappa shape index (κ1) is 24.2. The number of nitrogens with one attached hydrogen (secondary N) is 1. The third-order valence-corrected chi connectivity index (χ3v) is 7.55. The molecule has 1 spiro atoms. The highest BCUT2D eigenvalue weighted by Crippen LogP contribution is 2.52. The molecule has 188 valence electrons. The fourth-order valence-corrected chi connectivity index (χ4v) is 5.71. The molecular formula is C28H33N5O3. The average molecular weight is 488 g/mol. The van der Waals surface area contributed by atoms with Gasteiger partial charge in [0.1, 0.15) is 6.54 Å².